The van der Waals surface area contributed by atoms with E-state index in [9.17, 15) is 4.79 Å². The summed E-state index contributed by atoms with van der Waals surface area (Å²) in [6.07, 6.45) is 1.15. The van der Waals surface area contributed by atoms with Gasteiger partial charge in [-0.3, -0.25) is 9.69 Å². The van der Waals surface area contributed by atoms with Crippen LogP contribution in [0.3, 0.4) is 0 Å². The topological polar surface area (TPSA) is 20.3 Å². The van der Waals surface area contributed by atoms with Gasteiger partial charge in [-0.2, -0.15) is 11.8 Å². The molecule has 0 aromatic heterocycles. The van der Waals surface area contributed by atoms with Gasteiger partial charge in [-0.15, -0.1) is 0 Å². The van der Waals surface area contributed by atoms with Crippen molar-refractivity contribution < 1.29 is 4.79 Å². The number of thioether (sulfide) groups is 1. The number of nitrogens with zero attached hydrogens (tertiary/aromatic N) is 1. The lowest BCUT2D eigenvalue weighted by molar-refractivity contribution is 0.0933. The summed E-state index contributed by atoms with van der Waals surface area (Å²) in [5.74, 6) is 1.17. The molecular formula is C14H17Cl2NOS. The molecule has 0 spiro atoms. The highest BCUT2D eigenvalue weighted by atomic mass is 35.5. The molecule has 19 heavy (non-hydrogen) atoms. The van der Waals surface area contributed by atoms with Gasteiger partial charge in [0.15, 0.2) is 5.78 Å². The van der Waals surface area contributed by atoms with Crippen molar-refractivity contribution in [2.24, 2.45) is 0 Å². The highest BCUT2D eigenvalue weighted by Crippen LogP contribution is 2.24. The molecule has 0 amide bonds. The first-order valence-corrected chi connectivity index (χ1v) is 8.23. The Morgan fingerprint density at radius 3 is 2.95 bits per heavy atom. The molecule has 0 bridgehead atoms. The molecule has 1 unspecified atom stereocenters. The summed E-state index contributed by atoms with van der Waals surface area (Å²) in [6.45, 7) is 4.59. The summed E-state index contributed by atoms with van der Waals surface area (Å²) < 4.78 is 0. The fourth-order valence-corrected chi connectivity index (χ4v) is 3.94. The second-order valence-electron chi connectivity index (χ2n) is 4.68. The van der Waals surface area contributed by atoms with Crippen LogP contribution in [0.4, 0.5) is 0 Å². The minimum absolute atomic E-state index is 0.0726. The van der Waals surface area contributed by atoms with E-state index in [0.29, 0.717) is 27.4 Å². The average molecular weight is 318 g/mol. The van der Waals surface area contributed by atoms with Crippen molar-refractivity contribution in [3.63, 3.8) is 0 Å². The Morgan fingerprint density at radius 2 is 2.26 bits per heavy atom. The normalized spacial score (nSPS) is 20.5. The summed E-state index contributed by atoms with van der Waals surface area (Å²) in [7, 11) is 0. The zero-order valence-electron chi connectivity index (χ0n) is 10.9. The van der Waals surface area contributed by atoms with Crippen molar-refractivity contribution in [1.82, 2.24) is 4.90 Å². The van der Waals surface area contributed by atoms with Crippen LogP contribution in [0.1, 0.15) is 23.7 Å². The highest BCUT2D eigenvalue weighted by Gasteiger charge is 2.22. The highest BCUT2D eigenvalue weighted by molar-refractivity contribution is 8.00. The van der Waals surface area contributed by atoms with E-state index in [-0.39, 0.29) is 5.78 Å². The molecule has 1 atom stereocenters. The Morgan fingerprint density at radius 1 is 1.47 bits per heavy atom. The van der Waals surface area contributed by atoms with Crippen molar-refractivity contribution in [1.29, 1.82) is 0 Å². The van der Waals surface area contributed by atoms with E-state index in [1.807, 2.05) is 11.8 Å². The van der Waals surface area contributed by atoms with Crippen LogP contribution in [0.15, 0.2) is 18.2 Å². The number of carbonyl (C=O) groups is 1. The van der Waals surface area contributed by atoms with Crippen LogP contribution >= 0.6 is 35.0 Å². The number of hydrogen-bond donors (Lipinski definition) is 0. The van der Waals surface area contributed by atoms with Crippen LogP contribution in [0.5, 0.6) is 0 Å². The number of hydrogen-bond acceptors (Lipinski definition) is 3. The summed E-state index contributed by atoms with van der Waals surface area (Å²) in [4.78, 5) is 14.5. The fourth-order valence-electron chi connectivity index (χ4n) is 2.17. The van der Waals surface area contributed by atoms with Crippen LogP contribution in [-0.2, 0) is 0 Å². The van der Waals surface area contributed by atoms with Gasteiger partial charge in [0.05, 0.1) is 11.6 Å². The molecule has 1 aromatic carbocycles. The minimum Gasteiger partial charge on any atom is -0.294 e. The maximum atomic E-state index is 12.3. The molecule has 5 heteroatoms. The van der Waals surface area contributed by atoms with Gasteiger partial charge in [-0.1, -0.05) is 30.1 Å². The number of halogens is 2. The van der Waals surface area contributed by atoms with Gasteiger partial charge in [0.25, 0.3) is 0 Å². The van der Waals surface area contributed by atoms with Crippen LogP contribution in [0.25, 0.3) is 0 Å². The van der Waals surface area contributed by atoms with Crippen molar-refractivity contribution in [3.05, 3.63) is 33.8 Å². The summed E-state index contributed by atoms with van der Waals surface area (Å²) in [5.41, 5.74) is 0.567. The summed E-state index contributed by atoms with van der Waals surface area (Å²) in [6, 6.07) is 5.04. The molecule has 104 valence electrons. The van der Waals surface area contributed by atoms with E-state index in [1.54, 1.807) is 18.2 Å². The standard InChI is InChI=1S/C14H17Cl2NOS/c1-2-11-8-17(5-6-19-11)9-14(18)12-4-3-10(15)7-13(12)16/h3-4,7,11H,2,5-6,8-9H2,1H3. The van der Waals surface area contributed by atoms with Crippen molar-refractivity contribution >= 4 is 40.7 Å². The van der Waals surface area contributed by atoms with Crippen LogP contribution < -0.4 is 0 Å². The molecule has 0 aliphatic carbocycles. The smallest absolute Gasteiger partial charge is 0.178 e. The first kappa shape index (κ1) is 15.2. The average Bonchev–Trinajstić information content (AvgIpc) is 2.38. The van der Waals surface area contributed by atoms with Gasteiger partial charge in [-0.25, -0.2) is 0 Å². The predicted molar refractivity (Wildman–Crippen MR) is 83.8 cm³/mol. The molecular weight excluding hydrogens is 301 g/mol. The zero-order chi connectivity index (χ0) is 13.8. The largest absolute Gasteiger partial charge is 0.294 e. The number of ketones is 1. The van der Waals surface area contributed by atoms with Crippen LogP contribution in [0, 0.1) is 0 Å². The van der Waals surface area contributed by atoms with Crippen LogP contribution in [-0.4, -0.2) is 41.3 Å². The Kier molecular flexibility index (Phi) is 5.58. The van der Waals surface area contributed by atoms with Gasteiger partial charge < -0.3 is 0 Å². The maximum Gasteiger partial charge on any atom is 0.178 e. The lowest BCUT2D eigenvalue weighted by atomic mass is 10.1. The third kappa shape index (κ3) is 4.12. The van der Waals surface area contributed by atoms with Gasteiger partial charge in [0, 0.05) is 34.7 Å². The lowest BCUT2D eigenvalue weighted by Gasteiger charge is -2.31. The zero-order valence-corrected chi connectivity index (χ0v) is 13.2. The number of carbonyl (C=O) groups excluding carboxylic acids is 1. The van der Waals surface area contributed by atoms with E-state index >= 15 is 0 Å². The lowest BCUT2D eigenvalue weighted by Crippen LogP contribution is -2.40. The molecule has 0 radical (unpaired) electrons. The number of Topliss-reactive ketones (excluding diaryl/α,β-unsaturated/α-hetero) is 1. The molecule has 1 aliphatic heterocycles. The predicted octanol–water partition coefficient (Wildman–Crippen LogP) is 4.00. The minimum atomic E-state index is 0.0726. The molecule has 1 aromatic rings. The Hall–Kier alpha value is -0.220. The molecule has 2 rings (SSSR count). The van der Waals surface area contributed by atoms with Gasteiger partial charge in [0.1, 0.15) is 0 Å². The van der Waals surface area contributed by atoms with E-state index in [2.05, 4.69) is 11.8 Å². The quantitative estimate of drug-likeness (QED) is 0.783. The molecule has 0 N–H and O–H groups in total. The Balaban J connectivity index is 2.00. The Bertz CT molecular complexity index is 467. The monoisotopic (exact) mass is 317 g/mol. The van der Waals surface area contributed by atoms with Crippen LogP contribution in [0.2, 0.25) is 10.0 Å². The van der Waals surface area contributed by atoms with Crippen molar-refractivity contribution in [3.8, 4) is 0 Å². The number of benzene rings is 1. The van der Waals surface area contributed by atoms with Gasteiger partial charge in [0.2, 0.25) is 0 Å². The summed E-state index contributed by atoms with van der Waals surface area (Å²) in [5, 5.41) is 1.64. The van der Waals surface area contributed by atoms with E-state index in [4.69, 9.17) is 23.2 Å². The first-order valence-electron chi connectivity index (χ1n) is 6.42. The maximum absolute atomic E-state index is 12.3. The van der Waals surface area contributed by atoms with Gasteiger partial charge in [-0.05, 0) is 24.6 Å². The second-order valence-corrected chi connectivity index (χ2v) is 6.94. The van der Waals surface area contributed by atoms with E-state index in [1.165, 1.54) is 0 Å². The molecule has 1 fully saturated rings. The molecule has 2 nitrogen and oxygen atoms in total. The van der Waals surface area contributed by atoms with E-state index < -0.39 is 0 Å². The molecule has 1 saturated heterocycles. The van der Waals surface area contributed by atoms with Gasteiger partial charge >= 0.3 is 0 Å². The third-order valence-corrected chi connectivity index (χ3v) is 5.20. The van der Waals surface area contributed by atoms with Crippen molar-refractivity contribution in [2.75, 3.05) is 25.4 Å². The molecule has 1 heterocycles. The first-order chi connectivity index (χ1) is 9.10. The second kappa shape index (κ2) is 6.98. The molecule has 1 aliphatic rings. The fraction of sp³-hybridized carbons (Fsp3) is 0.500. The summed E-state index contributed by atoms with van der Waals surface area (Å²) >= 11 is 13.9. The number of rotatable bonds is 4. The molecule has 0 saturated carbocycles. The Labute approximate surface area is 128 Å². The van der Waals surface area contributed by atoms with Crippen molar-refractivity contribution in [2.45, 2.75) is 18.6 Å². The van der Waals surface area contributed by atoms with E-state index in [0.717, 1.165) is 25.3 Å². The third-order valence-electron chi connectivity index (χ3n) is 3.28. The SMILES string of the molecule is CCC1CN(CC(=O)c2ccc(Cl)cc2Cl)CCS1.